The van der Waals surface area contributed by atoms with E-state index in [1.807, 2.05) is 0 Å². The molecule has 0 aromatic heterocycles. The molecule has 2 fully saturated rings. The van der Waals surface area contributed by atoms with Gasteiger partial charge in [0.1, 0.15) is 0 Å². The van der Waals surface area contributed by atoms with E-state index in [-0.39, 0.29) is 6.10 Å². The van der Waals surface area contributed by atoms with Crippen LogP contribution in [0.2, 0.25) is 0 Å². The maximum atomic E-state index is 10.1. The molecule has 1 aliphatic heterocycles. The molecule has 2 nitrogen and oxygen atoms in total. The van der Waals surface area contributed by atoms with Crippen LogP contribution in [0.15, 0.2) is 0 Å². The van der Waals surface area contributed by atoms with Crippen LogP contribution >= 0.6 is 0 Å². The Balaban J connectivity index is 1.80. The van der Waals surface area contributed by atoms with Crippen molar-refractivity contribution in [3.63, 3.8) is 0 Å². The van der Waals surface area contributed by atoms with Crippen molar-refractivity contribution in [3.05, 3.63) is 0 Å². The molecule has 1 aliphatic carbocycles. The number of aliphatic hydroxyl groups is 1. The van der Waals surface area contributed by atoms with E-state index in [2.05, 4.69) is 11.8 Å². The Bertz CT molecular complexity index is 211. The summed E-state index contributed by atoms with van der Waals surface area (Å²) in [6, 6.07) is 0. The van der Waals surface area contributed by atoms with E-state index in [1.54, 1.807) is 0 Å². The molecule has 0 bridgehead atoms. The Morgan fingerprint density at radius 1 is 1.00 bits per heavy atom. The minimum Gasteiger partial charge on any atom is -0.393 e. The average molecular weight is 239 g/mol. The lowest BCUT2D eigenvalue weighted by Crippen LogP contribution is -2.39. The molecule has 1 saturated heterocycles. The van der Waals surface area contributed by atoms with Gasteiger partial charge in [0.25, 0.3) is 0 Å². The van der Waals surface area contributed by atoms with E-state index in [9.17, 15) is 5.11 Å². The summed E-state index contributed by atoms with van der Waals surface area (Å²) < 4.78 is 0. The first kappa shape index (κ1) is 13.4. The molecule has 1 heterocycles. The summed E-state index contributed by atoms with van der Waals surface area (Å²) in [7, 11) is 0. The van der Waals surface area contributed by atoms with Crippen molar-refractivity contribution in [1.29, 1.82) is 0 Å². The normalized spacial score (nSPS) is 37.4. The van der Waals surface area contributed by atoms with Crippen LogP contribution in [0.3, 0.4) is 0 Å². The molecule has 2 rings (SSSR count). The molecule has 1 N–H and O–H groups in total. The zero-order valence-corrected chi connectivity index (χ0v) is 11.4. The average Bonchev–Trinajstić information content (AvgIpc) is 2.27. The van der Waals surface area contributed by atoms with Crippen LogP contribution in [-0.2, 0) is 0 Å². The maximum Gasteiger partial charge on any atom is 0.0580 e. The van der Waals surface area contributed by atoms with Crippen molar-refractivity contribution in [2.24, 2.45) is 11.8 Å². The fraction of sp³-hybridized carbons (Fsp3) is 1.00. The highest BCUT2D eigenvalue weighted by atomic mass is 16.3. The predicted molar refractivity (Wildman–Crippen MR) is 72.0 cm³/mol. The van der Waals surface area contributed by atoms with Crippen LogP contribution < -0.4 is 0 Å². The van der Waals surface area contributed by atoms with E-state index < -0.39 is 0 Å². The molecular weight excluding hydrogens is 210 g/mol. The van der Waals surface area contributed by atoms with Gasteiger partial charge in [-0.15, -0.1) is 0 Å². The number of rotatable bonds is 2. The molecule has 1 saturated carbocycles. The smallest absolute Gasteiger partial charge is 0.0580 e. The standard InChI is InChI=1S/C15H29NO/c1-13-7-8-15(17)14(11-13)12-16-9-5-3-2-4-6-10-16/h13-15,17H,2-12H2,1H3. The second-order valence-electron chi connectivity index (χ2n) is 6.31. The minimum atomic E-state index is -0.0309. The van der Waals surface area contributed by atoms with Gasteiger partial charge in [0, 0.05) is 6.54 Å². The fourth-order valence-electron chi connectivity index (χ4n) is 3.51. The third-order valence-corrected chi connectivity index (χ3v) is 4.65. The molecule has 0 aromatic carbocycles. The van der Waals surface area contributed by atoms with E-state index in [4.69, 9.17) is 0 Å². The number of nitrogens with zero attached hydrogens (tertiary/aromatic N) is 1. The van der Waals surface area contributed by atoms with Gasteiger partial charge in [0.2, 0.25) is 0 Å². The van der Waals surface area contributed by atoms with Crippen LogP contribution in [0.4, 0.5) is 0 Å². The van der Waals surface area contributed by atoms with Gasteiger partial charge >= 0.3 is 0 Å². The van der Waals surface area contributed by atoms with Crippen LogP contribution in [0, 0.1) is 11.8 Å². The Kier molecular flexibility index (Phi) is 5.30. The number of likely N-dealkylation sites (tertiary alicyclic amines) is 1. The first-order valence-corrected chi connectivity index (χ1v) is 7.66. The molecular formula is C15H29NO. The summed E-state index contributed by atoms with van der Waals surface area (Å²) in [6.07, 6.45) is 10.4. The lowest BCUT2D eigenvalue weighted by atomic mass is 9.80. The molecule has 2 heteroatoms. The van der Waals surface area contributed by atoms with Gasteiger partial charge in [-0.2, -0.15) is 0 Å². The SMILES string of the molecule is CC1CCC(O)C(CN2CCCCCCC2)C1. The molecule has 3 atom stereocenters. The van der Waals surface area contributed by atoms with E-state index in [0.29, 0.717) is 5.92 Å². The van der Waals surface area contributed by atoms with E-state index in [1.165, 1.54) is 58.0 Å². The van der Waals surface area contributed by atoms with Gasteiger partial charge in [0.05, 0.1) is 6.10 Å². The summed E-state index contributed by atoms with van der Waals surface area (Å²) in [4.78, 5) is 2.62. The van der Waals surface area contributed by atoms with Gasteiger partial charge in [0.15, 0.2) is 0 Å². The van der Waals surface area contributed by atoms with Crippen LogP contribution in [0.25, 0.3) is 0 Å². The van der Waals surface area contributed by atoms with Gasteiger partial charge in [-0.25, -0.2) is 0 Å². The third-order valence-electron chi connectivity index (χ3n) is 4.65. The second kappa shape index (κ2) is 6.75. The largest absolute Gasteiger partial charge is 0.393 e. The van der Waals surface area contributed by atoms with E-state index in [0.717, 1.165) is 18.9 Å². The highest BCUT2D eigenvalue weighted by Gasteiger charge is 2.28. The maximum absolute atomic E-state index is 10.1. The molecule has 0 amide bonds. The summed E-state index contributed by atoms with van der Waals surface area (Å²) in [5.41, 5.74) is 0. The first-order chi connectivity index (χ1) is 8.25. The summed E-state index contributed by atoms with van der Waals surface area (Å²) >= 11 is 0. The lowest BCUT2D eigenvalue weighted by Gasteiger charge is -2.36. The zero-order chi connectivity index (χ0) is 12.1. The highest BCUT2D eigenvalue weighted by Crippen LogP contribution is 2.30. The number of hydrogen-bond acceptors (Lipinski definition) is 2. The van der Waals surface area contributed by atoms with Crippen molar-refractivity contribution < 1.29 is 5.11 Å². The van der Waals surface area contributed by atoms with Gasteiger partial charge < -0.3 is 10.0 Å². The molecule has 0 radical (unpaired) electrons. The lowest BCUT2D eigenvalue weighted by molar-refractivity contribution is 0.0291. The predicted octanol–water partition coefficient (Wildman–Crippen LogP) is 3.05. The zero-order valence-electron chi connectivity index (χ0n) is 11.4. The molecule has 2 aliphatic rings. The molecule has 3 unspecified atom stereocenters. The molecule has 100 valence electrons. The quantitative estimate of drug-likeness (QED) is 0.800. The molecule has 0 aromatic rings. The third kappa shape index (κ3) is 4.26. The van der Waals surface area contributed by atoms with Crippen molar-refractivity contribution in [3.8, 4) is 0 Å². The Labute approximate surface area is 106 Å². The molecule has 17 heavy (non-hydrogen) atoms. The second-order valence-corrected chi connectivity index (χ2v) is 6.31. The first-order valence-electron chi connectivity index (χ1n) is 7.66. The summed E-state index contributed by atoms with van der Waals surface area (Å²) in [5, 5.41) is 10.1. The molecule has 0 spiro atoms. The van der Waals surface area contributed by atoms with Crippen molar-refractivity contribution in [2.45, 2.75) is 64.4 Å². The van der Waals surface area contributed by atoms with Gasteiger partial charge in [-0.3, -0.25) is 0 Å². The minimum absolute atomic E-state index is 0.0309. The van der Waals surface area contributed by atoms with Crippen molar-refractivity contribution in [1.82, 2.24) is 4.90 Å². The van der Waals surface area contributed by atoms with Gasteiger partial charge in [-0.1, -0.05) is 26.2 Å². The highest BCUT2D eigenvalue weighted by molar-refractivity contribution is 4.80. The topological polar surface area (TPSA) is 23.5 Å². The Hall–Kier alpha value is -0.0800. The number of hydrogen-bond donors (Lipinski definition) is 1. The summed E-state index contributed by atoms with van der Waals surface area (Å²) in [5.74, 6) is 1.36. The van der Waals surface area contributed by atoms with Crippen LogP contribution in [-0.4, -0.2) is 35.7 Å². The van der Waals surface area contributed by atoms with Gasteiger partial charge in [-0.05, 0) is 57.0 Å². The monoisotopic (exact) mass is 239 g/mol. The van der Waals surface area contributed by atoms with E-state index >= 15 is 0 Å². The number of aliphatic hydroxyl groups excluding tert-OH is 1. The van der Waals surface area contributed by atoms with Crippen LogP contribution in [0.1, 0.15) is 58.3 Å². The van der Waals surface area contributed by atoms with Crippen LogP contribution in [0.5, 0.6) is 0 Å². The Morgan fingerprint density at radius 3 is 2.35 bits per heavy atom. The van der Waals surface area contributed by atoms with Crippen molar-refractivity contribution in [2.75, 3.05) is 19.6 Å². The Morgan fingerprint density at radius 2 is 1.65 bits per heavy atom. The van der Waals surface area contributed by atoms with Crippen molar-refractivity contribution >= 4 is 0 Å². The fourth-order valence-corrected chi connectivity index (χ4v) is 3.51. The summed E-state index contributed by atoms with van der Waals surface area (Å²) in [6.45, 7) is 6.01.